The summed E-state index contributed by atoms with van der Waals surface area (Å²) in [5.41, 5.74) is 1.65. The van der Waals surface area contributed by atoms with Gasteiger partial charge in [0, 0.05) is 12.0 Å². The zero-order chi connectivity index (χ0) is 17.0. The maximum Gasteiger partial charge on any atom is 0.319 e. The average molecular weight is 328 g/mol. The van der Waals surface area contributed by atoms with Crippen molar-refractivity contribution in [2.45, 2.75) is 25.2 Å². The first-order valence-corrected chi connectivity index (χ1v) is 8.16. The number of benzene rings is 2. The Morgan fingerprint density at radius 2 is 1.88 bits per heavy atom. The fraction of sp³-hybridized carbons (Fsp3) is 0.316. The van der Waals surface area contributed by atoms with Crippen molar-refractivity contribution in [3.8, 4) is 5.75 Å². The molecule has 2 aromatic rings. The number of para-hydroxylation sites is 2. The second-order valence-corrected chi connectivity index (χ2v) is 6.02. The minimum absolute atomic E-state index is 0.0650. The van der Waals surface area contributed by atoms with Gasteiger partial charge in [-0.25, -0.2) is 9.18 Å². The molecule has 24 heavy (non-hydrogen) atoms. The van der Waals surface area contributed by atoms with E-state index in [0.29, 0.717) is 24.6 Å². The summed E-state index contributed by atoms with van der Waals surface area (Å²) in [7, 11) is 0. The van der Waals surface area contributed by atoms with E-state index in [-0.39, 0.29) is 17.3 Å². The van der Waals surface area contributed by atoms with Crippen molar-refractivity contribution in [1.82, 2.24) is 5.32 Å². The number of rotatable bonds is 6. The van der Waals surface area contributed by atoms with Gasteiger partial charge in [-0.3, -0.25) is 0 Å². The minimum Gasteiger partial charge on any atom is -0.492 e. The molecule has 0 aliphatic heterocycles. The van der Waals surface area contributed by atoms with Gasteiger partial charge in [-0.15, -0.1) is 0 Å². The van der Waals surface area contributed by atoms with Crippen molar-refractivity contribution in [1.29, 1.82) is 0 Å². The first kappa shape index (κ1) is 16.3. The topological polar surface area (TPSA) is 50.4 Å². The minimum atomic E-state index is -0.268. The van der Waals surface area contributed by atoms with E-state index in [0.717, 1.165) is 18.4 Å². The van der Waals surface area contributed by atoms with Crippen LogP contribution in [0.5, 0.6) is 5.75 Å². The van der Waals surface area contributed by atoms with Gasteiger partial charge >= 0.3 is 6.03 Å². The summed E-state index contributed by atoms with van der Waals surface area (Å²) in [5.74, 6) is 0.405. The Labute approximate surface area is 141 Å². The average Bonchev–Trinajstić information content (AvgIpc) is 3.37. The van der Waals surface area contributed by atoms with Crippen molar-refractivity contribution < 1.29 is 13.9 Å². The third-order valence-corrected chi connectivity index (χ3v) is 4.33. The summed E-state index contributed by atoms with van der Waals surface area (Å²) in [6.45, 7) is 2.96. The second-order valence-electron chi connectivity index (χ2n) is 6.02. The van der Waals surface area contributed by atoms with Crippen LogP contribution >= 0.6 is 0 Å². The molecule has 1 aliphatic carbocycles. The quantitative estimate of drug-likeness (QED) is 0.839. The highest BCUT2D eigenvalue weighted by molar-refractivity contribution is 5.91. The number of anilines is 1. The van der Waals surface area contributed by atoms with Crippen LogP contribution in [0.1, 0.15) is 25.3 Å². The number of carbonyl (C=O) groups is 1. The van der Waals surface area contributed by atoms with E-state index < -0.39 is 0 Å². The molecule has 1 saturated carbocycles. The van der Waals surface area contributed by atoms with E-state index in [2.05, 4.69) is 10.6 Å². The van der Waals surface area contributed by atoms with Gasteiger partial charge in [0.25, 0.3) is 0 Å². The molecule has 5 heteroatoms. The largest absolute Gasteiger partial charge is 0.492 e. The van der Waals surface area contributed by atoms with Gasteiger partial charge in [0.1, 0.15) is 11.6 Å². The first-order chi connectivity index (χ1) is 11.6. The number of urea groups is 1. The summed E-state index contributed by atoms with van der Waals surface area (Å²) in [6, 6.07) is 13.6. The van der Waals surface area contributed by atoms with Gasteiger partial charge in [-0.2, -0.15) is 0 Å². The molecular weight excluding hydrogens is 307 g/mol. The fourth-order valence-corrected chi connectivity index (χ4v) is 2.79. The summed E-state index contributed by atoms with van der Waals surface area (Å²) in [5, 5.41) is 5.74. The molecule has 3 rings (SSSR count). The van der Waals surface area contributed by atoms with Crippen molar-refractivity contribution in [3.63, 3.8) is 0 Å². The molecule has 0 unspecified atom stereocenters. The fourth-order valence-electron chi connectivity index (χ4n) is 2.79. The van der Waals surface area contributed by atoms with Gasteiger partial charge < -0.3 is 15.4 Å². The lowest BCUT2D eigenvalue weighted by Gasteiger charge is -2.17. The number of halogens is 1. The highest BCUT2D eigenvalue weighted by Crippen LogP contribution is 2.47. The molecule has 4 nitrogen and oxygen atoms in total. The van der Waals surface area contributed by atoms with E-state index in [1.807, 2.05) is 25.1 Å². The maximum absolute atomic E-state index is 13.1. The molecular formula is C19H21FN2O2. The van der Waals surface area contributed by atoms with E-state index in [4.69, 9.17) is 4.74 Å². The molecule has 1 aliphatic rings. The van der Waals surface area contributed by atoms with Crippen LogP contribution in [0.15, 0.2) is 48.5 Å². The van der Waals surface area contributed by atoms with Gasteiger partial charge in [0.2, 0.25) is 0 Å². The van der Waals surface area contributed by atoms with E-state index in [9.17, 15) is 9.18 Å². The van der Waals surface area contributed by atoms with Crippen molar-refractivity contribution >= 4 is 11.7 Å². The summed E-state index contributed by atoms with van der Waals surface area (Å²) < 4.78 is 18.6. The Morgan fingerprint density at radius 1 is 1.17 bits per heavy atom. The Balaban J connectivity index is 1.59. The number of carbonyl (C=O) groups excluding carboxylic acids is 1. The molecule has 0 bridgehead atoms. The van der Waals surface area contributed by atoms with E-state index >= 15 is 0 Å². The number of hydrogen-bond donors (Lipinski definition) is 2. The second kappa shape index (κ2) is 6.91. The van der Waals surface area contributed by atoms with Crippen LogP contribution in [-0.2, 0) is 5.41 Å². The molecule has 2 amide bonds. The molecule has 126 valence electrons. The van der Waals surface area contributed by atoms with Crippen LogP contribution in [0.25, 0.3) is 0 Å². The Hall–Kier alpha value is -2.56. The number of hydrogen-bond acceptors (Lipinski definition) is 2. The molecule has 0 spiro atoms. The normalized spacial score (nSPS) is 14.8. The molecule has 0 saturated heterocycles. The SMILES string of the molecule is CCOc1ccccc1NC(=O)NCC1(c2ccc(F)cc2)CC1. The zero-order valence-electron chi connectivity index (χ0n) is 13.6. The van der Waals surface area contributed by atoms with Gasteiger partial charge in [-0.05, 0) is 49.6 Å². The zero-order valence-corrected chi connectivity index (χ0v) is 13.6. The van der Waals surface area contributed by atoms with E-state index in [1.54, 1.807) is 18.2 Å². The van der Waals surface area contributed by atoms with Crippen LogP contribution < -0.4 is 15.4 Å². The summed E-state index contributed by atoms with van der Waals surface area (Å²) in [4.78, 5) is 12.2. The number of ether oxygens (including phenoxy) is 1. The summed E-state index contributed by atoms with van der Waals surface area (Å²) >= 11 is 0. The van der Waals surface area contributed by atoms with Crippen molar-refractivity contribution in [3.05, 3.63) is 59.9 Å². The van der Waals surface area contributed by atoms with Gasteiger partial charge in [-0.1, -0.05) is 24.3 Å². The Bertz CT molecular complexity index is 712. The molecule has 0 heterocycles. The third kappa shape index (κ3) is 3.67. The highest BCUT2D eigenvalue weighted by atomic mass is 19.1. The predicted molar refractivity (Wildman–Crippen MR) is 91.9 cm³/mol. The lowest BCUT2D eigenvalue weighted by atomic mass is 9.96. The first-order valence-electron chi connectivity index (χ1n) is 8.16. The van der Waals surface area contributed by atoms with E-state index in [1.165, 1.54) is 12.1 Å². The predicted octanol–water partition coefficient (Wildman–Crippen LogP) is 4.08. The van der Waals surface area contributed by atoms with Crippen LogP contribution in [0.2, 0.25) is 0 Å². The Kier molecular flexibility index (Phi) is 4.69. The molecule has 2 aromatic carbocycles. The van der Waals surface area contributed by atoms with Crippen LogP contribution in [0, 0.1) is 5.82 Å². The molecule has 0 aromatic heterocycles. The van der Waals surface area contributed by atoms with Gasteiger partial charge in [0.15, 0.2) is 0 Å². The molecule has 2 N–H and O–H groups in total. The highest BCUT2D eigenvalue weighted by Gasteiger charge is 2.44. The number of nitrogens with one attached hydrogen (secondary N) is 2. The maximum atomic E-state index is 13.1. The van der Waals surface area contributed by atoms with Crippen LogP contribution in [0.3, 0.4) is 0 Å². The lowest BCUT2D eigenvalue weighted by molar-refractivity contribution is 0.251. The van der Waals surface area contributed by atoms with Crippen LogP contribution in [-0.4, -0.2) is 19.2 Å². The standard InChI is InChI=1S/C19H21FN2O2/c1-2-24-17-6-4-3-5-16(17)22-18(23)21-13-19(11-12-19)14-7-9-15(20)10-8-14/h3-10H,2,11-13H2,1H3,(H2,21,22,23). The smallest absolute Gasteiger partial charge is 0.319 e. The lowest BCUT2D eigenvalue weighted by Crippen LogP contribution is -2.35. The number of amides is 2. The van der Waals surface area contributed by atoms with Crippen molar-refractivity contribution in [2.24, 2.45) is 0 Å². The molecule has 0 radical (unpaired) electrons. The third-order valence-electron chi connectivity index (χ3n) is 4.33. The molecule has 1 fully saturated rings. The van der Waals surface area contributed by atoms with Crippen molar-refractivity contribution in [2.75, 3.05) is 18.5 Å². The van der Waals surface area contributed by atoms with Gasteiger partial charge in [0.05, 0.1) is 12.3 Å². The Morgan fingerprint density at radius 3 is 2.54 bits per heavy atom. The molecule has 0 atom stereocenters. The monoisotopic (exact) mass is 328 g/mol. The summed E-state index contributed by atoms with van der Waals surface area (Å²) in [6.07, 6.45) is 1.99. The van der Waals surface area contributed by atoms with Crippen LogP contribution in [0.4, 0.5) is 14.9 Å².